The second-order valence-corrected chi connectivity index (χ2v) is 8.43. The van der Waals surface area contributed by atoms with Crippen molar-refractivity contribution in [2.75, 3.05) is 16.8 Å². The smallest absolute Gasteiger partial charge is 0.341 e. The second-order valence-electron chi connectivity index (χ2n) is 8.02. The number of pyridine rings is 1. The van der Waals surface area contributed by atoms with Crippen LogP contribution in [0.25, 0.3) is 0 Å². The zero-order chi connectivity index (χ0) is 23.4. The lowest BCUT2D eigenvalue weighted by Gasteiger charge is -2.37. The fourth-order valence-electron chi connectivity index (χ4n) is 4.63. The van der Waals surface area contributed by atoms with Gasteiger partial charge in [-0.1, -0.05) is 23.7 Å². The first kappa shape index (κ1) is 22.7. The number of nitrogens with zero attached hydrogens (tertiary/aromatic N) is 3. The van der Waals surface area contributed by atoms with Crippen molar-refractivity contribution in [3.05, 3.63) is 52.7 Å². The molecule has 172 valence electrons. The molecule has 2 aromatic rings. The fourth-order valence-corrected chi connectivity index (χ4v) is 4.90. The molecule has 1 amide bonds. The predicted molar refractivity (Wildman–Crippen MR) is 106 cm³/mol. The topological polar surface area (TPSA) is 36.4 Å². The van der Waals surface area contributed by atoms with Gasteiger partial charge in [0.25, 0.3) is 0 Å². The number of rotatable bonds is 3. The number of likely N-dealkylation sites (N-methyl/N-ethyl adjacent to an activating group) is 1. The quantitative estimate of drug-likeness (QED) is 0.525. The summed E-state index contributed by atoms with van der Waals surface area (Å²) in [6.07, 6.45) is -8.36. The van der Waals surface area contributed by atoms with Crippen LogP contribution in [0, 0.1) is 5.92 Å². The lowest BCUT2D eigenvalue weighted by Crippen LogP contribution is -2.51. The third-order valence-corrected chi connectivity index (χ3v) is 6.40. The van der Waals surface area contributed by atoms with Gasteiger partial charge < -0.3 is 9.80 Å². The van der Waals surface area contributed by atoms with Gasteiger partial charge in [0, 0.05) is 13.1 Å². The molecule has 2 bridgehead atoms. The standard InChI is InChI=1S/C21H18ClF6N3O/c1-30(15-5-3-2-4-14(15)22)19(32)18-11-6-7-13(8-11)31(18)17-10-12(20(23,24)25)9-16(29-17)21(26,27)28/h2-5,9-11,13,18H,6-8H2,1H3/t11-,13+,18-/m0/s1. The fraction of sp³-hybridized carbons (Fsp3) is 0.429. The van der Waals surface area contributed by atoms with E-state index in [4.69, 9.17) is 11.6 Å². The number of carbonyl (C=O) groups is 1. The first-order chi connectivity index (χ1) is 14.9. The molecule has 2 fully saturated rings. The van der Waals surface area contributed by atoms with Gasteiger partial charge in [0.2, 0.25) is 5.91 Å². The van der Waals surface area contributed by atoms with Crippen LogP contribution in [0.4, 0.5) is 37.8 Å². The summed E-state index contributed by atoms with van der Waals surface area (Å²) in [5.74, 6) is -1.16. The minimum atomic E-state index is -5.07. The van der Waals surface area contributed by atoms with Crippen LogP contribution < -0.4 is 9.80 Å². The summed E-state index contributed by atoms with van der Waals surface area (Å²) in [6, 6.07) is 5.83. The molecular formula is C21H18ClF6N3O. The van der Waals surface area contributed by atoms with Gasteiger partial charge in [-0.05, 0) is 49.4 Å². The van der Waals surface area contributed by atoms with Crippen molar-refractivity contribution in [3.8, 4) is 0 Å². The van der Waals surface area contributed by atoms with Crippen molar-refractivity contribution in [1.82, 2.24) is 4.98 Å². The van der Waals surface area contributed by atoms with Gasteiger partial charge in [-0.15, -0.1) is 0 Å². The highest BCUT2D eigenvalue weighted by atomic mass is 35.5. The highest BCUT2D eigenvalue weighted by Crippen LogP contribution is 2.47. The van der Waals surface area contributed by atoms with Gasteiger partial charge in [0.1, 0.15) is 17.6 Å². The van der Waals surface area contributed by atoms with Crippen LogP contribution in [0.15, 0.2) is 36.4 Å². The number of anilines is 2. The number of amides is 1. The Hall–Kier alpha value is -2.49. The highest BCUT2D eigenvalue weighted by molar-refractivity contribution is 6.33. The highest BCUT2D eigenvalue weighted by Gasteiger charge is 2.51. The molecule has 0 N–H and O–H groups in total. The SMILES string of the molecule is CN(C(=O)[C@@H]1[C@H]2CC[C@H](C2)N1c1cc(C(F)(F)F)cc(C(F)(F)F)n1)c1ccccc1Cl. The van der Waals surface area contributed by atoms with E-state index in [1.54, 1.807) is 24.3 Å². The Morgan fingerprint density at radius 1 is 1.09 bits per heavy atom. The number of hydrogen-bond donors (Lipinski definition) is 0. The minimum absolute atomic E-state index is 0.00940. The molecule has 3 atom stereocenters. The molecule has 0 spiro atoms. The van der Waals surface area contributed by atoms with Crippen molar-refractivity contribution in [2.45, 2.75) is 43.7 Å². The molecule has 1 saturated heterocycles. The summed E-state index contributed by atoms with van der Waals surface area (Å²) in [6.45, 7) is 0. The zero-order valence-electron chi connectivity index (χ0n) is 16.7. The third kappa shape index (κ3) is 4.00. The molecule has 0 unspecified atom stereocenters. The maximum absolute atomic E-state index is 13.4. The summed E-state index contributed by atoms with van der Waals surface area (Å²) >= 11 is 6.17. The van der Waals surface area contributed by atoms with Gasteiger partial charge in [-0.25, -0.2) is 4.98 Å². The van der Waals surface area contributed by atoms with Crippen molar-refractivity contribution in [1.29, 1.82) is 0 Å². The number of benzene rings is 1. The number of aromatic nitrogens is 1. The largest absolute Gasteiger partial charge is 0.433 e. The molecule has 32 heavy (non-hydrogen) atoms. The molecule has 0 radical (unpaired) electrons. The Morgan fingerprint density at radius 2 is 1.78 bits per heavy atom. The van der Waals surface area contributed by atoms with Crippen molar-refractivity contribution in [2.24, 2.45) is 5.92 Å². The summed E-state index contributed by atoms with van der Waals surface area (Å²) in [4.78, 5) is 19.5. The van der Waals surface area contributed by atoms with Crippen LogP contribution in [0.2, 0.25) is 5.02 Å². The molecular weight excluding hydrogens is 460 g/mol. The van der Waals surface area contributed by atoms with Crippen molar-refractivity contribution >= 4 is 29.0 Å². The van der Waals surface area contributed by atoms with Crippen LogP contribution in [-0.4, -0.2) is 30.0 Å². The molecule has 11 heteroatoms. The number of halogens is 7. The third-order valence-electron chi connectivity index (χ3n) is 6.08. The maximum Gasteiger partial charge on any atom is 0.433 e. The molecule has 1 aromatic heterocycles. The molecule has 2 aliphatic rings. The number of hydrogen-bond acceptors (Lipinski definition) is 3. The molecule has 1 aliphatic heterocycles. The number of piperidine rings is 1. The van der Waals surface area contributed by atoms with E-state index in [1.165, 1.54) is 16.8 Å². The monoisotopic (exact) mass is 477 g/mol. The van der Waals surface area contributed by atoms with Crippen LogP contribution in [0.5, 0.6) is 0 Å². The van der Waals surface area contributed by atoms with E-state index in [-0.39, 0.29) is 18.0 Å². The Kier molecular flexibility index (Phi) is 5.55. The number of fused-ring (bicyclic) bond motifs is 2. The summed E-state index contributed by atoms with van der Waals surface area (Å²) in [5, 5.41) is 0.301. The summed E-state index contributed by atoms with van der Waals surface area (Å²) in [5.41, 5.74) is -2.70. The number of para-hydroxylation sites is 1. The zero-order valence-corrected chi connectivity index (χ0v) is 17.5. The van der Waals surface area contributed by atoms with Crippen LogP contribution >= 0.6 is 11.6 Å². The van der Waals surface area contributed by atoms with Gasteiger partial charge in [0.05, 0.1) is 16.3 Å². The van der Waals surface area contributed by atoms with E-state index in [2.05, 4.69) is 4.98 Å². The van der Waals surface area contributed by atoms with Crippen LogP contribution in [0.3, 0.4) is 0 Å². The predicted octanol–water partition coefficient (Wildman–Crippen LogP) is 5.79. The summed E-state index contributed by atoms with van der Waals surface area (Å²) in [7, 11) is 1.48. The molecule has 2 heterocycles. The Bertz CT molecular complexity index is 1010. The average Bonchev–Trinajstić information content (AvgIpc) is 3.33. The van der Waals surface area contributed by atoms with E-state index < -0.39 is 41.4 Å². The van der Waals surface area contributed by atoms with Crippen LogP contribution in [0.1, 0.15) is 30.5 Å². The molecule has 1 saturated carbocycles. The molecule has 1 aliphatic carbocycles. The van der Waals surface area contributed by atoms with Crippen molar-refractivity contribution < 1.29 is 31.1 Å². The van der Waals surface area contributed by atoms with Crippen LogP contribution in [-0.2, 0) is 17.1 Å². The Balaban J connectivity index is 1.77. The minimum Gasteiger partial charge on any atom is -0.341 e. The van der Waals surface area contributed by atoms with Gasteiger partial charge in [0.15, 0.2) is 0 Å². The molecule has 4 nitrogen and oxygen atoms in total. The van der Waals surface area contributed by atoms with Gasteiger partial charge in [-0.2, -0.15) is 26.3 Å². The number of alkyl halides is 6. The first-order valence-electron chi connectivity index (χ1n) is 9.85. The molecule has 4 rings (SSSR count). The maximum atomic E-state index is 13.4. The summed E-state index contributed by atoms with van der Waals surface area (Å²) < 4.78 is 80.0. The Labute approximate surface area is 184 Å². The van der Waals surface area contributed by atoms with Gasteiger partial charge >= 0.3 is 12.4 Å². The Morgan fingerprint density at radius 3 is 2.41 bits per heavy atom. The van der Waals surface area contributed by atoms with E-state index >= 15 is 0 Å². The van der Waals surface area contributed by atoms with E-state index in [0.717, 1.165) is 0 Å². The van der Waals surface area contributed by atoms with Gasteiger partial charge in [-0.3, -0.25) is 4.79 Å². The van der Waals surface area contributed by atoms with Crippen molar-refractivity contribution in [3.63, 3.8) is 0 Å². The van der Waals surface area contributed by atoms with E-state index in [9.17, 15) is 31.1 Å². The lowest BCUT2D eigenvalue weighted by atomic mass is 9.97. The van der Waals surface area contributed by atoms with E-state index in [0.29, 0.717) is 36.0 Å². The second kappa shape index (κ2) is 7.83. The number of carbonyl (C=O) groups excluding carboxylic acids is 1. The normalized spacial score (nSPS) is 23.0. The average molecular weight is 478 g/mol. The molecule has 1 aromatic carbocycles. The van der Waals surface area contributed by atoms with E-state index in [1.807, 2.05) is 0 Å². The first-order valence-corrected chi connectivity index (χ1v) is 10.2. The lowest BCUT2D eigenvalue weighted by molar-refractivity contribution is -0.145.